The minimum Gasteiger partial charge on any atom is -0.461 e. The Labute approximate surface area is 225 Å². The highest BCUT2D eigenvalue weighted by molar-refractivity contribution is 6.05. The number of carbonyl (C=O) groups excluding carboxylic acids is 3. The molecule has 3 aliphatic rings. The number of para-hydroxylation sites is 1. The predicted molar refractivity (Wildman–Crippen MR) is 144 cm³/mol. The molecular weight excluding hydrogens is 484 g/mol. The maximum Gasteiger partial charge on any atom is 0.313 e. The Morgan fingerprint density at radius 1 is 1.24 bits per heavy atom. The summed E-state index contributed by atoms with van der Waals surface area (Å²) in [5, 5.41) is 10.4. The van der Waals surface area contributed by atoms with E-state index in [0.717, 1.165) is 16.8 Å². The molecule has 8 nitrogen and oxygen atoms in total. The number of aryl methyl sites for hydroxylation is 2. The molecule has 6 atom stereocenters. The number of hydrogen-bond donors (Lipinski definition) is 1. The molecule has 4 rings (SSSR count). The van der Waals surface area contributed by atoms with Crippen LogP contribution in [-0.4, -0.2) is 70.8 Å². The fraction of sp³-hybridized carbons (Fsp3) is 0.567. The van der Waals surface area contributed by atoms with Crippen molar-refractivity contribution in [1.29, 1.82) is 0 Å². The Morgan fingerprint density at radius 3 is 2.45 bits per heavy atom. The van der Waals surface area contributed by atoms with Gasteiger partial charge in [-0.2, -0.15) is 0 Å². The van der Waals surface area contributed by atoms with Crippen molar-refractivity contribution in [2.75, 3.05) is 24.7 Å². The molecule has 3 aliphatic heterocycles. The third kappa shape index (κ3) is 4.09. The van der Waals surface area contributed by atoms with Gasteiger partial charge >= 0.3 is 5.97 Å². The van der Waals surface area contributed by atoms with Crippen molar-refractivity contribution in [2.45, 2.75) is 70.7 Å². The number of ether oxygens (including phenoxy) is 2. The molecule has 0 saturated carbocycles. The highest BCUT2D eigenvalue weighted by atomic mass is 16.6. The summed E-state index contributed by atoms with van der Waals surface area (Å²) in [7, 11) is 0. The number of anilines is 1. The lowest BCUT2D eigenvalue weighted by atomic mass is 9.66. The van der Waals surface area contributed by atoms with Crippen LogP contribution >= 0.6 is 0 Å². The summed E-state index contributed by atoms with van der Waals surface area (Å²) in [4.78, 5) is 45.5. The van der Waals surface area contributed by atoms with Crippen molar-refractivity contribution in [1.82, 2.24) is 4.90 Å². The van der Waals surface area contributed by atoms with E-state index in [4.69, 9.17) is 9.47 Å². The zero-order valence-corrected chi connectivity index (χ0v) is 23.1. The summed E-state index contributed by atoms with van der Waals surface area (Å²) in [5.74, 6) is -3.06. The molecule has 206 valence electrons. The molecule has 2 amide bonds. The molecule has 1 spiro atoms. The lowest BCUT2D eigenvalue weighted by Gasteiger charge is -2.41. The second kappa shape index (κ2) is 10.3. The number of benzene rings is 1. The van der Waals surface area contributed by atoms with Crippen LogP contribution in [0, 0.1) is 31.6 Å². The quantitative estimate of drug-likeness (QED) is 0.373. The second-order valence-electron chi connectivity index (χ2n) is 11.4. The maximum atomic E-state index is 14.7. The monoisotopic (exact) mass is 524 g/mol. The van der Waals surface area contributed by atoms with Gasteiger partial charge in [-0.1, -0.05) is 50.8 Å². The summed E-state index contributed by atoms with van der Waals surface area (Å²) in [6.07, 6.45) is 4.11. The third-order valence-electron chi connectivity index (χ3n) is 8.65. The van der Waals surface area contributed by atoms with E-state index in [0.29, 0.717) is 12.8 Å². The van der Waals surface area contributed by atoms with Crippen LogP contribution in [0.5, 0.6) is 0 Å². The molecule has 2 unspecified atom stereocenters. The van der Waals surface area contributed by atoms with Crippen molar-refractivity contribution in [3.8, 4) is 0 Å². The van der Waals surface area contributed by atoms with Gasteiger partial charge in [0.1, 0.15) is 24.2 Å². The average molecular weight is 525 g/mol. The topological polar surface area (TPSA) is 96.4 Å². The van der Waals surface area contributed by atoms with E-state index in [2.05, 4.69) is 13.2 Å². The molecule has 3 fully saturated rings. The normalized spacial score (nSPS) is 30.3. The molecule has 3 heterocycles. The first-order valence-corrected chi connectivity index (χ1v) is 13.4. The third-order valence-corrected chi connectivity index (χ3v) is 8.65. The molecule has 0 aromatic heterocycles. The molecular formula is C30H40N2O6. The number of esters is 1. The van der Waals surface area contributed by atoms with Crippen LogP contribution < -0.4 is 4.90 Å². The fourth-order valence-electron chi connectivity index (χ4n) is 7.01. The standard InChI is InChI=1S/C30H40N2O6/c1-8-15-31(24-19(5)11-10-12-20(24)6)27(35)25-30-14-13-29(7,38-30)23(28(36)37-16-9-2)22(30)26(34)32(25)21(17-33)18(3)4/h8-12,18,21-23,25,33H,1-2,13-17H2,3-7H3/t21-,22-,23+,25?,29-,30?/m0/s1. The number of rotatable bonds is 10. The Bertz CT molecular complexity index is 1130. The van der Waals surface area contributed by atoms with Gasteiger partial charge in [0.2, 0.25) is 5.91 Å². The van der Waals surface area contributed by atoms with E-state index in [1.165, 1.54) is 11.0 Å². The molecule has 0 radical (unpaired) electrons. The van der Waals surface area contributed by atoms with Crippen molar-refractivity contribution >= 4 is 23.5 Å². The number of nitrogens with zero attached hydrogens (tertiary/aromatic N) is 2. The highest BCUT2D eigenvalue weighted by Gasteiger charge is 2.79. The molecule has 1 N–H and O–H groups in total. The van der Waals surface area contributed by atoms with E-state index >= 15 is 0 Å². The summed E-state index contributed by atoms with van der Waals surface area (Å²) in [5.41, 5.74) is 0.455. The van der Waals surface area contributed by atoms with Gasteiger partial charge in [0.15, 0.2) is 0 Å². The van der Waals surface area contributed by atoms with Crippen LogP contribution in [0.15, 0.2) is 43.5 Å². The zero-order valence-electron chi connectivity index (χ0n) is 23.1. The molecule has 0 aliphatic carbocycles. The van der Waals surface area contributed by atoms with Crippen molar-refractivity contribution in [3.05, 3.63) is 54.6 Å². The van der Waals surface area contributed by atoms with Crippen LogP contribution in [0.4, 0.5) is 5.69 Å². The minimum absolute atomic E-state index is 0.0241. The van der Waals surface area contributed by atoms with E-state index in [-0.39, 0.29) is 37.5 Å². The first-order chi connectivity index (χ1) is 18.0. The number of aliphatic hydroxyl groups excluding tert-OH is 1. The largest absolute Gasteiger partial charge is 0.461 e. The first-order valence-electron chi connectivity index (χ1n) is 13.4. The molecule has 8 heteroatoms. The molecule has 1 aromatic rings. The SMILES string of the molecule is C=CCOC(=O)[C@H]1[C@H]2C(=O)N([C@@H](CO)C(C)C)C(C(=O)N(CC=C)c3c(C)cccc3C)C23CC[C@]1(C)O3. The van der Waals surface area contributed by atoms with Crippen LogP contribution in [0.1, 0.15) is 44.7 Å². The number of fused-ring (bicyclic) bond motifs is 1. The van der Waals surface area contributed by atoms with Crippen molar-refractivity contribution in [3.63, 3.8) is 0 Å². The summed E-state index contributed by atoms with van der Waals surface area (Å²) < 4.78 is 12.1. The van der Waals surface area contributed by atoms with E-state index < -0.39 is 41.1 Å². The van der Waals surface area contributed by atoms with Gasteiger partial charge in [-0.15, -0.1) is 6.58 Å². The Kier molecular flexibility index (Phi) is 7.60. The van der Waals surface area contributed by atoms with Crippen molar-refractivity contribution in [2.24, 2.45) is 17.8 Å². The van der Waals surface area contributed by atoms with Gasteiger partial charge in [-0.3, -0.25) is 14.4 Å². The molecule has 1 aromatic carbocycles. The average Bonchev–Trinajstić information content (AvgIpc) is 3.43. The Balaban J connectivity index is 1.88. The van der Waals surface area contributed by atoms with Gasteiger partial charge in [0, 0.05) is 12.2 Å². The second-order valence-corrected chi connectivity index (χ2v) is 11.4. The van der Waals surface area contributed by atoms with Crippen LogP contribution in [-0.2, 0) is 23.9 Å². The minimum atomic E-state index is -1.21. The smallest absolute Gasteiger partial charge is 0.313 e. The van der Waals surface area contributed by atoms with Gasteiger partial charge < -0.3 is 24.4 Å². The Morgan fingerprint density at radius 2 is 1.89 bits per heavy atom. The van der Waals surface area contributed by atoms with Gasteiger partial charge in [0.05, 0.1) is 24.2 Å². The van der Waals surface area contributed by atoms with Crippen LogP contribution in [0.25, 0.3) is 0 Å². The summed E-state index contributed by atoms with van der Waals surface area (Å²) in [6, 6.07) is 4.18. The van der Waals surface area contributed by atoms with Crippen LogP contribution in [0.3, 0.4) is 0 Å². The van der Waals surface area contributed by atoms with Crippen LogP contribution in [0.2, 0.25) is 0 Å². The number of hydrogen-bond acceptors (Lipinski definition) is 6. The Hall–Kier alpha value is -2.97. The van der Waals surface area contributed by atoms with Gasteiger partial charge in [0.25, 0.3) is 5.91 Å². The van der Waals surface area contributed by atoms with Crippen molar-refractivity contribution < 1.29 is 29.0 Å². The highest BCUT2D eigenvalue weighted by Crippen LogP contribution is 2.64. The van der Waals surface area contributed by atoms with E-state index in [1.54, 1.807) is 11.0 Å². The van der Waals surface area contributed by atoms with Gasteiger partial charge in [-0.05, 0) is 50.7 Å². The molecule has 3 saturated heterocycles. The predicted octanol–water partition coefficient (Wildman–Crippen LogP) is 3.33. The molecule has 2 bridgehead atoms. The van der Waals surface area contributed by atoms with E-state index in [9.17, 15) is 19.5 Å². The number of likely N-dealkylation sites (tertiary alicyclic amines) is 1. The van der Waals surface area contributed by atoms with Gasteiger partial charge in [-0.25, -0.2) is 0 Å². The summed E-state index contributed by atoms with van der Waals surface area (Å²) in [6.45, 7) is 17.0. The number of carbonyl (C=O) groups is 3. The fourth-order valence-corrected chi connectivity index (χ4v) is 7.01. The van der Waals surface area contributed by atoms with E-state index in [1.807, 2.05) is 52.8 Å². The number of aliphatic hydroxyl groups is 1. The molecule has 38 heavy (non-hydrogen) atoms. The lowest BCUT2D eigenvalue weighted by molar-refractivity contribution is -0.160. The lowest BCUT2D eigenvalue weighted by Crippen LogP contribution is -2.60. The first kappa shape index (κ1) is 28.0. The summed E-state index contributed by atoms with van der Waals surface area (Å²) >= 11 is 0. The maximum absolute atomic E-state index is 14.7. The zero-order chi connectivity index (χ0) is 28.0. The number of amides is 2.